The van der Waals surface area contributed by atoms with E-state index in [0.29, 0.717) is 17.9 Å². The largest absolute Gasteiger partial charge is 0.484 e. The van der Waals surface area contributed by atoms with E-state index in [9.17, 15) is 9.59 Å². The Balaban J connectivity index is 1.66. The lowest BCUT2D eigenvalue weighted by Gasteiger charge is -2.11. The first kappa shape index (κ1) is 23.0. The molecule has 1 amide bonds. The van der Waals surface area contributed by atoms with Crippen LogP contribution in [0.1, 0.15) is 38.4 Å². The minimum atomic E-state index is -0.123. The van der Waals surface area contributed by atoms with Gasteiger partial charge in [0.1, 0.15) is 5.75 Å². The molecule has 166 valence electrons. The molecule has 3 rings (SSSR count). The van der Waals surface area contributed by atoms with Crippen LogP contribution in [0.4, 0.5) is 0 Å². The summed E-state index contributed by atoms with van der Waals surface area (Å²) >= 11 is 0. The van der Waals surface area contributed by atoms with E-state index in [-0.39, 0.29) is 18.3 Å². The molecule has 1 aromatic heterocycles. The Morgan fingerprint density at radius 1 is 1.00 bits per heavy atom. The number of hydrogen-bond acceptors (Lipinski definition) is 4. The maximum atomic E-state index is 12.6. The van der Waals surface area contributed by atoms with Crippen LogP contribution in [0.25, 0.3) is 6.08 Å². The summed E-state index contributed by atoms with van der Waals surface area (Å²) in [6.07, 6.45) is 3.39. The Morgan fingerprint density at radius 2 is 1.66 bits per heavy atom. The molecule has 32 heavy (non-hydrogen) atoms. The molecule has 0 saturated carbocycles. The zero-order chi connectivity index (χ0) is 23.3. The fourth-order valence-corrected chi connectivity index (χ4v) is 3.22. The predicted molar refractivity (Wildman–Crippen MR) is 126 cm³/mol. The van der Waals surface area contributed by atoms with Crippen molar-refractivity contribution in [3.63, 3.8) is 0 Å². The third-order valence-electron chi connectivity index (χ3n) is 5.29. The fourth-order valence-electron chi connectivity index (χ4n) is 3.22. The van der Waals surface area contributed by atoms with E-state index >= 15 is 0 Å². The number of carbonyl (C=O) groups is 2. The van der Waals surface area contributed by atoms with Gasteiger partial charge in [-0.25, -0.2) is 0 Å². The van der Waals surface area contributed by atoms with Gasteiger partial charge in [0.15, 0.2) is 12.4 Å². The van der Waals surface area contributed by atoms with Crippen molar-refractivity contribution in [3.8, 4) is 5.75 Å². The Labute approximate surface area is 189 Å². The number of ketones is 1. The van der Waals surface area contributed by atoms with Crippen LogP contribution in [0, 0.1) is 20.8 Å². The normalized spacial score (nSPS) is 11.0. The van der Waals surface area contributed by atoms with Crippen molar-refractivity contribution in [1.82, 2.24) is 14.7 Å². The molecule has 6 nitrogen and oxygen atoms in total. The lowest BCUT2D eigenvalue weighted by molar-refractivity contribution is -0.130. The Hall–Kier alpha value is -3.67. The highest BCUT2D eigenvalue weighted by Crippen LogP contribution is 2.18. The summed E-state index contributed by atoms with van der Waals surface area (Å²) in [4.78, 5) is 25.7. The van der Waals surface area contributed by atoms with Gasteiger partial charge in [-0.15, -0.1) is 0 Å². The van der Waals surface area contributed by atoms with Gasteiger partial charge in [-0.1, -0.05) is 29.8 Å². The molecule has 0 spiro atoms. The highest BCUT2D eigenvalue weighted by molar-refractivity contribution is 6.07. The number of benzene rings is 2. The average Bonchev–Trinajstić information content (AvgIpc) is 3.04. The summed E-state index contributed by atoms with van der Waals surface area (Å²) < 4.78 is 7.41. The van der Waals surface area contributed by atoms with Crippen LogP contribution in [0.15, 0.2) is 54.6 Å². The Bertz CT molecular complexity index is 1120. The molecule has 6 heteroatoms. The van der Waals surface area contributed by atoms with Crippen molar-refractivity contribution >= 4 is 17.8 Å². The van der Waals surface area contributed by atoms with Crippen LogP contribution in [-0.2, 0) is 11.3 Å². The van der Waals surface area contributed by atoms with E-state index in [1.54, 1.807) is 44.4 Å². The molecule has 3 aromatic rings. The topological polar surface area (TPSA) is 64.4 Å². The van der Waals surface area contributed by atoms with Crippen molar-refractivity contribution in [2.24, 2.45) is 0 Å². The molecule has 0 fully saturated rings. The van der Waals surface area contributed by atoms with E-state index in [0.717, 1.165) is 17.0 Å². The highest BCUT2D eigenvalue weighted by atomic mass is 16.5. The number of nitrogens with zero attached hydrogens (tertiary/aromatic N) is 3. The lowest BCUT2D eigenvalue weighted by atomic mass is 10.1. The summed E-state index contributed by atoms with van der Waals surface area (Å²) in [6.45, 7) is 6.68. The van der Waals surface area contributed by atoms with Crippen molar-refractivity contribution in [2.75, 3.05) is 20.7 Å². The molecule has 0 aliphatic heterocycles. The quantitative estimate of drug-likeness (QED) is 0.396. The highest BCUT2D eigenvalue weighted by Gasteiger charge is 2.11. The first-order valence-electron chi connectivity index (χ1n) is 10.5. The first-order valence-corrected chi connectivity index (χ1v) is 10.5. The number of ether oxygens (including phenoxy) is 1. The number of likely N-dealkylation sites (N-methyl/N-ethyl adjacent to an activating group) is 1. The van der Waals surface area contributed by atoms with Crippen LogP contribution >= 0.6 is 0 Å². The maximum Gasteiger partial charge on any atom is 0.259 e. The number of aromatic nitrogens is 2. The van der Waals surface area contributed by atoms with Gasteiger partial charge in [-0.05, 0) is 62.8 Å². The van der Waals surface area contributed by atoms with Crippen molar-refractivity contribution in [1.29, 1.82) is 0 Å². The predicted octanol–water partition coefficient (Wildman–Crippen LogP) is 4.22. The van der Waals surface area contributed by atoms with Crippen LogP contribution in [0.5, 0.6) is 5.75 Å². The van der Waals surface area contributed by atoms with Crippen LogP contribution < -0.4 is 4.74 Å². The molecule has 0 atom stereocenters. The van der Waals surface area contributed by atoms with Gasteiger partial charge in [0.2, 0.25) is 0 Å². The van der Waals surface area contributed by atoms with Gasteiger partial charge in [-0.3, -0.25) is 14.3 Å². The monoisotopic (exact) mass is 431 g/mol. The van der Waals surface area contributed by atoms with Crippen molar-refractivity contribution in [3.05, 3.63) is 88.2 Å². The van der Waals surface area contributed by atoms with Gasteiger partial charge in [0, 0.05) is 30.9 Å². The van der Waals surface area contributed by atoms with Gasteiger partial charge >= 0.3 is 0 Å². The minimum absolute atomic E-state index is 0.0364. The minimum Gasteiger partial charge on any atom is -0.484 e. The standard InChI is InChI=1S/C26H29N3O3/c1-18-6-8-21(9-7-18)16-29-20(3)24(19(2)27-29)14-15-25(30)22-10-12-23(13-11-22)32-17-26(31)28(4)5/h6-15H,16-17H2,1-5H3. The number of rotatable bonds is 8. The number of allylic oxidation sites excluding steroid dienone is 1. The Morgan fingerprint density at radius 3 is 2.28 bits per heavy atom. The SMILES string of the molecule is Cc1ccc(Cn2nc(C)c(C=CC(=O)c3ccc(OCC(=O)N(C)C)cc3)c2C)cc1. The zero-order valence-electron chi connectivity index (χ0n) is 19.3. The second-order valence-corrected chi connectivity index (χ2v) is 8.03. The fraction of sp³-hybridized carbons (Fsp3) is 0.269. The number of carbonyl (C=O) groups excluding carboxylic acids is 2. The summed E-state index contributed by atoms with van der Waals surface area (Å²) in [7, 11) is 3.35. The molecule has 0 aliphatic rings. The number of amides is 1. The summed E-state index contributed by atoms with van der Waals surface area (Å²) in [5.41, 5.74) is 5.81. The van der Waals surface area contributed by atoms with Gasteiger partial charge < -0.3 is 9.64 Å². The van der Waals surface area contributed by atoms with Crippen molar-refractivity contribution in [2.45, 2.75) is 27.3 Å². The van der Waals surface area contributed by atoms with Gasteiger partial charge in [-0.2, -0.15) is 5.10 Å². The molecular formula is C26H29N3O3. The van der Waals surface area contributed by atoms with E-state index in [2.05, 4.69) is 36.3 Å². The molecular weight excluding hydrogens is 402 g/mol. The van der Waals surface area contributed by atoms with Crippen LogP contribution in [0.3, 0.4) is 0 Å². The van der Waals surface area contributed by atoms with Gasteiger partial charge in [0.05, 0.1) is 12.2 Å². The average molecular weight is 432 g/mol. The second-order valence-electron chi connectivity index (χ2n) is 8.03. The molecule has 1 heterocycles. The maximum absolute atomic E-state index is 12.6. The number of aryl methyl sites for hydroxylation is 2. The van der Waals surface area contributed by atoms with Crippen LogP contribution in [0.2, 0.25) is 0 Å². The third kappa shape index (κ3) is 5.72. The second kappa shape index (κ2) is 10.1. The third-order valence-corrected chi connectivity index (χ3v) is 5.29. The lowest BCUT2D eigenvalue weighted by Crippen LogP contribution is -2.27. The molecule has 0 N–H and O–H groups in total. The van der Waals surface area contributed by atoms with Crippen LogP contribution in [-0.4, -0.2) is 47.1 Å². The molecule has 0 unspecified atom stereocenters. The first-order chi connectivity index (χ1) is 15.2. The zero-order valence-corrected chi connectivity index (χ0v) is 19.3. The molecule has 0 saturated heterocycles. The molecule has 0 aliphatic carbocycles. The van der Waals surface area contributed by atoms with E-state index < -0.39 is 0 Å². The van der Waals surface area contributed by atoms with E-state index in [1.807, 2.05) is 24.6 Å². The van der Waals surface area contributed by atoms with Crippen molar-refractivity contribution < 1.29 is 14.3 Å². The summed E-state index contributed by atoms with van der Waals surface area (Å²) in [6, 6.07) is 15.2. The molecule has 0 bridgehead atoms. The smallest absolute Gasteiger partial charge is 0.259 e. The Kier molecular flexibility index (Phi) is 7.25. The molecule has 2 aromatic carbocycles. The van der Waals surface area contributed by atoms with Gasteiger partial charge in [0.25, 0.3) is 5.91 Å². The number of hydrogen-bond donors (Lipinski definition) is 0. The molecule has 0 radical (unpaired) electrons. The summed E-state index contributed by atoms with van der Waals surface area (Å²) in [5.74, 6) is 0.317. The van der Waals surface area contributed by atoms with E-state index in [4.69, 9.17) is 4.74 Å². The summed E-state index contributed by atoms with van der Waals surface area (Å²) in [5, 5.41) is 4.64. The van der Waals surface area contributed by atoms with E-state index in [1.165, 1.54) is 16.0 Å².